The fraction of sp³-hybridized carbons (Fsp3) is 0.688. The van der Waals surface area contributed by atoms with Crippen molar-refractivity contribution in [2.24, 2.45) is 0 Å². The standard InChI is InChI=1S/C16H25N3O/c1-3-15-11-20-12(2)10-19(15)16-7-4-13(9-18-16)8-17-14-5-6-14/h4,7,9,12,14-15,17H,3,5-6,8,10-11H2,1-2H3. The van der Waals surface area contributed by atoms with Crippen LogP contribution in [0.25, 0.3) is 0 Å². The van der Waals surface area contributed by atoms with Crippen LogP contribution in [0.3, 0.4) is 0 Å². The van der Waals surface area contributed by atoms with Gasteiger partial charge in [-0.2, -0.15) is 0 Å². The normalized spacial score (nSPS) is 26.8. The van der Waals surface area contributed by atoms with Crippen LogP contribution in [-0.4, -0.2) is 36.3 Å². The van der Waals surface area contributed by atoms with Gasteiger partial charge < -0.3 is 15.0 Å². The Bertz CT molecular complexity index is 430. The first-order chi connectivity index (χ1) is 9.76. The van der Waals surface area contributed by atoms with Gasteiger partial charge in [-0.1, -0.05) is 13.0 Å². The molecule has 1 aromatic heterocycles. The summed E-state index contributed by atoms with van der Waals surface area (Å²) in [5.41, 5.74) is 1.27. The fourth-order valence-electron chi connectivity index (χ4n) is 2.70. The Morgan fingerprint density at radius 1 is 1.40 bits per heavy atom. The van der Waals surface area contributed by atoms with Gasteiger partial charge in [0.25, 0.3) is 0 Å². The van der Waals surface area contributed by atoms with Crippen molar-refractivity contribution in [3.05, 3.63) is 23.9 Å². The second-order valence-corrected chi connectivity index (χ2v) is 6.04. The predicted molar refractivity (Wildman–Crippen MR) is 80.9 cm³/mol. The summed E-state index contributed by atoms with van der Waals surface area (Å²) in [6, 6.07) is 5.56. The van der Waals surface area contributed by atoms with Crippen LogP contribution in [0.5, 0.6) is 0 Å². The van der Waals surface area contributed by atoms with Gasteiger partial charge in [0, 0.05) is 25.3 Å². The molecule has 1 aromatic rings. The van der Waals surface area contributed by atoms with E-state index in [2.05, 4.69) is 41.2 Å². The highest BCUT2D eigenvalue weighted by Crippen LogP contribution is 2.22. The van der Waals surface area contributed by atoms with Gasteiger partial charge in [0.05, 0.1) is 18.8 Å². The van der Waals surface area contributed by atoms with E-state index in [1.807, 2.05) is 6.20 Å². The summed E-state index contributed by atoms with van der Waals surface area (Å²) < 4.78 is 5.75. The van der Waals surface area contributed by atoms with Crippen LogP contribution in [-0.2, 0) is 11.3 Å². The lowest BCUT2D eigenvalue weighted by atomic mass is 10.1. The minimum atomic E-state index is 0.288. The molecule has 1 saturated carbocycles. The van der Waals surface area contributed by atoms with E-state index in [-0.39, 0.29) is 6.10 Å². The predicted octanol–water partition coefficient (Wildman–Crippen LogP) is 2.34. The molecular weight excluding hydrogens is 250 g/mol. The second kappa shape index (κ2) is 6.10. The summed E-state index contributed by atoms with van der Waals surface area (Å²) >= 11 is 0. The maximum Gasteiger partial charge on any atom is 0.128 e. The van der Waals surface area contributed by atoms with Crippen molar-refractivity contribution in [3.63, 3.8) is 0 Å². The Hall–Kier alpha value is -1.13. The van der Waals surface area contributed by atoms with Gasteiger partial charge in [0.2, 0.25) is 0 Å². The van der Waals surface area contributed by atoms with Crippen molar-refractivity contribution >= 4 is 5.82 Å². The van der Waals surface area contributed by atoms with E-state index in [1.54, 1.807) is 0 Å². The molecule has 2 fully saturated rings. The topological polar surface area (TPSA) is 37.4 Å². The van der Waals surface area contributed by atoms with Gasteiger partial charge in [-0.05, 0) is 37.8 Å². The first-order valence-corrected chi connectivity index (χ1v) is 7.83. The van der Waals surface area contributed by atoms with Crippen molar-refractivity contribution in [3.8, 4) is 0 Å². The number of nitrogens with one attached hydrogen (secondary N) is 1. The van der Waals surface area contributed by atoms with E-state index in [9.17, 15) is 0 Å². The molecule has 4 heteroatoms. The first kappa shape index (κ1) is 13.8. The molecule has 2 atom stereocenters. The zero-order valence-electron chi connectivity index (χ0n) is 12.5. The number of aromatic nitrogens is 1. The maximum absolute atomic E-state index is 5.75. The van der Waals surface area contributed by atoms with Gasteiger partial charge in [0.15, 0.2) is 0 Å². The largest absolute Gasteiger partial charge is 0.375 e. The number of ether oxygens (including phenoxy) is 1. The highest BCUT2D eigenvalue weighted by atomic mass is 16.5. The quantitative estimate of drug-likeness (QED) is 0.895. The average molecular weight is 275 g/mol. The number of hydrogen-bond donors (Lipinski definition) is 1. The molecule has 3 rings (SSSR count). The van der Waals surface area contributed by atoms with E-state index >= 15 is 0 Å². The Labute approximate surface area is 121 Å². The molecule has 0 radical (unpaired) electrons. The number of morpholine rings is 1. The van der Waals surface area contributed by atoms with Crippen LogP contribution < -0.4 is 10.2 Å². The molecule has 1 aliphatic carbocycles. The minimum Gasteiger partial charge on any atom is -0.375 e. The molecule has 2 aliphatic rings. The SMILES string of the molecule is CCC1COC(C)CN1c1ccc(CNC2CC2)cn1. The Morgan fingerprint density at radius 3 is 2.90 bits per heavy atom. The Balaban J connectivity index is 1.65. The van der Waals surface area contributed by atoms with Crippen LogP contribution in [0.2, 0.25) is 0 Å². The number of rotatable bonds is 5. The zero-order valence-corrected chi connectivity index (χ0v) is 12.5. The summed E-state index contributed by atoms with van der Waals surface area (Å²) in [6.07, 6.45) is 6.05. The lowest BCUT2D eigenvalue weighted by molar-refractivity contribution is 0.0296. The molecule has 20 heavy (non-hydrogen) atoms. The fourth-order valence-corrected chi connectivity index (χ4v) is 2.70. The van der Waals surface area contributed by atoms with Crippen LogP contribution in [0, 0.1) is 0 Å². The molecule has 0 aromatic carbocycles. The second-order valence-electron chi connectivity index (χ2n) is 6.04. The summed E-state index contributed by atoms with van der Waals surface area (Å²) in [5.74, 6) is 1.09. The van der Waals surface area contributed by atoms with Crippen LogP contribution in [0.15, 0.2) is 18.3 Å². The number of anilines is 1. The molecule has 4 nitrogen and oxygen atoms in total. The van der Waals surface area contributed by atoms with E-state index in [1.165, 1.54) is 18.4 Å². The van der Waals surface area contributed by atoms with Crippen LogP contribution >= 0.6 is 0 Å². The third-order valence-corrected chi connectivity index (χ3v) is 4.21. The lowest BCUT2D eigenvalue weighted by Crippen LogP contribution is -2.49. The molecule has 1 N–H and O–H groups in total. The Kier molecular flexibility index (Phi) is 4.22. The zero-order chi connectivity index (χ0) is 13.9. The van der Waals surface area contributed by atoms with E-state index in [0.717, 1.165) is 38.0 Å². The molecule has 0 amide bonds. The minimum absolute atomic E-state index is 0.288. The molecule has 0 bridgehead atoms. The van der Waals surface area contributed by atoms with E-state index in [0.29, 0.717) is 6.04 Å². The molecule has 110 valence electrons. The number of pyridine rings is 1. The Morgan fingerprint density at radius 2 is 2.25 bits per heavy atom. The summed E-state index contributed by atoms with van der Waals surface area (Å²) in [4.78, 5) is 7.06. The lowest BCUT2D eigenvalue weighted by Gasteiger charge is -2.39. The third-order valence-electron chi connectivity index (χ3n) is 4.21. The summed E-state index contributed by atoms with van der Waals surface area (Å²) in [5, 5.41) is 3.53. The summed E-state index contributed by atoms with van der Waals surface area (Å²) in [6.45, 7) is 7.03. The van der Waals surface area contributed by atoms with Crippen molar-refractivity contribution < 1.29 is 4.74 Å². The molecule has 2 heterocycles. The molecule has 2 unspecified atom stereocenters. The monoisotopic (exact) mass is 275 g/mol. The van der Waals surface area contributed by atoms with Gasteiger partial charge >= 0.3 is 0 Å². The molecule has 0 spiro atoms. The average Bonchev–Trinajstić information content (AvgIpc) is 3.30. The summed E-state index contributed by atoms with van der Waals surface area (Å²) in [7, 11) is 0. The molecular formula is C16H25N3O. The third kappa shape index (κ3) is 3.30. The number of nitrogens with zero attached hydrogens (tertiary/aromatic N) is 2. The first-order valence-electron chi connectivity index (χ1n) is 7.83. The van der Waals surface area contributed by atoms with Crippen molar-refractivity contribution in [1.29, 1.82) is 0 Å². The molecule has 1 aliphatic heterocycles. The van der Waals surface area contributed by atoms with Crippen molar-refractivity contribution in [1.82, 2.24) is 10.3 Å². The van der Waals surface area contributed by atoms with Gasteiger partial charge in [-0.3, -0.25) is 0 Å². The van der Waals surface area contributed by atoms with Gasteiger partial charge in [0.1, 0.15) is 5.82 Å². The maximum atomic E-state index is 5.75. The van der Waals surface area contributed by atoms with Crippen LogP contribution in [0.1, 0.15) is 38.7 Å². The van der Waals surface area contributed by atoms with E-state index in [4.69, 9.17) is 4.74 Å². The smallest absolute Gasteiger partial charge is 0.128 e. The van der Waals surface area contributed by atoms with Crippen LogP contribution in [0.4, 0.5) is 5.82 Å². The van der Waals surface area contributed by atoms with E-state index < -0.39 is 0 Å². The molecule has 1 saturated heterocycles. The van der Waals surface area contributed by atoms with Gasteiger partial charge in [-0.25, -0.2) is 4.98 Å². The highest BCUT2D eigenvalue weighted by Gasteiger charge is 2.26. The number of hydrogen-bond acceptors (Lipinski definition) is 4. The van der Waals surface area contributed by atoms with Crippen molar-refractivity contribution in [2.45, 2.75) is 57.8 Å². The highest BCUT2D eigenvalue weighted by molar-refractivity contribution is 5.41. The van der Waals surface area contributed by atoms with Gasteiger partial charge in [-0.15, -0.1) is 0 Å². The van der Waals surface area contributed by atoms with Crippen molar-refractivity contribution in [2.75, 3.05) is 18.1 Å².